The van der Waals surface area contributed by atoms with Crippen LogP contribution in [-0.2, 0) is 6.54 Å². The molecule has 1 saturated carbocycles. The van der Waals surface area contributed by atoms with Crippen LogP contribution in [0, 0.1) is 0 Å². The zero-order valence-corrected chi connectivity index (χ0v) is 12.7. The van der Waals surface area contributed by atoms with Gasteiger partial charge in [0, 0.05) is 16.6 Å². The van der Waals surface area contributed by atoms with Crippen LogP contribution in [0.3, 0.4) is 0 Å². The molecule has 1 aromatic heterocycles. The molecular formula is C17H18ClNO2. The summed E-state index contributed by atoms with van der Waals surface area (Å²) >= 11 is 5.88. The maximum Gasteiger partial charge on any atom is 0.179 e. The van der Waals surface area contributed by atoms with Gasteiger partial charge in [-0.1, -0.05) is 11.6 Å². The number of carbonyl (C=O) groups excluding carboxylic acids is 1. The molecule has 1 aromatic carbocycles. The minimum atomic E-state index is -0.163. The van der Waals surface area contributed by atoms with Crippen molar-refractivity contribution in [3.8, 4) is 0 Å². The number of ketones is 1. The third-order valence-electron chi connectivity index (χ3n) is 3.94. The summed E-state index contributed by atoms with van der Waals surface area (Å²) in [7, 11) is 0. The minimum Gasteiger partial charge on any atom is -0.468 e. The van der Waals surface area contributed by atoms with Crippen LogP contribution >= 0.6 is 11.6 Å². The number of furan rings is 1. The van der Waals surface area contributed by atoms with Gasteiger partial charge < -0.3 is 4.42 Å². The number of rotatable bonds is 6. The van der Waals surface area contributed by atoms with Gasteiger partial charge in [-0.3, -0.25) is 9.69 Å². The smallest absolute Gasteiger partial charge is 0.179 e. The Morgan fingerprint density at radius 3 is 2.62 bits per heavy atom. The van der Waals surface area contributed by atoms with Gasteiger partial charge in [0.2, 0.25) is 0 Å². The van der Waals surface area contributed by atoms with E-state index in [-0.39, 0.29) is 11.8 Å². The molecule has 2 aromatic rings. The quantitative estimate of drug-likeness (QED) is 0.751. The summed E-state index contributed by atoms with van der Waals surface area (Å²) in [4.78, 5) is 14.9. The van der Waals surface area contributed by atoms with Crippen molar-refractivity contribution < 1.29 is 9.21 Å². The SMILES string of the molecule is CC(C(=O)c1ccc(Cl)cc1)N(Cc1ccco1)C1CC1. The summed E-state index contributed by atoms with van der Waals surface area (Å²) in [5.41, 5.74) is 0.706. The van der Waals surface area contributed by atoms with Crippen molar-refractivity contribution in [2.24, 2.45) is 0 Å². The second kappa shape index (κ2) is 6.04. The van der Waals surface area contributed by atoms with E-state index in [0.29, 0.717) is 23.2 Å². The van der Waals surface area contributed by atoms with E-state index in [2.05, 4.69) is 4.90 Å². The Bertz CT molecular complexity index is 602. The highest BCUT2D eigenvalue weighted by Gasteiger charge is 2.35. The van der Waals surface area contributed by atoms with Crippen molar-refractivity contribution in [1.82, 2.24) is 4.90 Å². The number of Topliss-reactive ketones (excluding diaryl/α,β-unsaturated/α-hetero) is 1. The average Bonchev–Trinajstić information content (AvgIpc) is 3.20. The molecule has 1 atom stereocenters. The van der Waals surface area contributed by atoms with Gasteiger partial charge in [-0.15, -0.1) is 0 Å². The Morgan fingerprint density at radius 1 is 1.33 bits per heavy atom. The van der Waals surface area contributed by atoms with Gasteiger partial charge in [-0.05, 0) is 56.2 Å². The first-order valence-corrected chi connectivity index (χ1v) is 7.61. The third-order valence-corrected chi connectivity index (χ3v) is 4.19. The van der Waals surface area contributed by atoms with Gasteiger partial charge in [-0.2, -0.15) is 0 Å². The van der Waals surface area contributed by atoms with Gasteiger partial charge in [-0.25, -0.2) is 0 Å². The minimum absolute atomic E-state index is 0.130. The van der Waals surface area contributed by atoms with E-state index < -0.39 is 0 Å². The Hall–Kier alpha value is -1.58. The molecule has 1 heterocycles. The molecule has 3 rings (SSSR count). The maximum atomic E-state index is 12.6. The van der Waals surface area contributed by atoms with Crippen LogP contribution in [0.4, 0.5) is 0 Å². The van der Waals surface area contributed by atoms with E-state index >= 15 is 0 Å². The van der Waals surface area contributed by atoms with Crippen molar-refractivity contribution >= 4 is 17.4 Å². The topological polar surface area (TPSA) is 33.5 Å². The van der Waals surface area contributed by atoms with E-state index in [1.165, 1.54) is 0 Å². The van der Waals surface area contributed by atoms with Crippen LogP contribution in [0.1, 0.15) is 35.9 Å². The number of hydrogen-bond acceptors (Lipinski definition) is 3. The molecule has 1 aliphatic rings. The fourth-order valence-corrected chi connectivity index (χ4v) is 2.70. The molecule has 3 nitrogen and oxygen atoms in total. The molecule has 0 aliphatic heterocycles. The highest BCUT2D eigenvalue weighted by Crippen LogP contribution is 2.31. The molecule has 0 bridgehead atoms. The van der Waals surface area contributed by atoms with E-state index in [1.807, 2.05) is 19.1 Å². The Kier molecular flexibility index (Phi) is 4.13. The molecule has 0 spiro atoms. The maximum absolute atomic E-state index is 12.6. The lowest BCUT2D eigenvalue weighted by molar-refractivity contribution is 0.0803. The molecule has 110 valence electrons. The molecule has 1 unspecified atom stereocenters. The predicted molar refractivity (Wildman–Crippen MR) is 82.5 cm³/mol. The first-order valence-electron chi connectivity index (χ1n) is 7.23. The zero-order valence-electron chi connectivity index (χ0n) is 12.0. The van der Waals surface area contributed by atoms with Crippen LogP contribution in [0.25, 0.3) is 0 Å². The second-order valence-electron chi connectivity index (χ2n) is 5.53. The lowest BCUT2D eigenvalue weighted by atomic mass is 10.0. The number of nitrogens with zero attached hydrogens (tertiary/aromatic N) is 1. The van der Waals surface area contributed by atoms with Crippen LogP contribution in [-0.4, -0.2) is 22.8 Å². The van der Waals surface area contributed by atoms with E-state index in [9.17, 15) is 4.79 Å². The Balaban J connectivity index is 1.75. The van der Waals surface area contributed by atoms with Crippen molar-refractivity contribution in [3.63, 3.8) is 0 Å². The fourth-order valence-electron chi connectivity index (χ4n) is 2.58. The lowest BCUT2D eigenvalue weighted by Gasteiger charge is -2.27. The van der Waals surface area contributed by atoms with Gasteiger partial charge in [0.1, 0.15) is 5.76 Å². The van der Waals surface area contributed by atoms with Gasteiger partial charge in [0.05, 0.1) is 18.8 Å². The van der Waals surface area contributed by atoms with Crippen molar-refractivity contribution in [1.29, 1.82) is 0 Å². The fraction of sp³-hybridized carbons (Fsp3) is 0.353. The van der Waals surface area contributed by atoms with Crippen molar-refractivity contribution in [2.45, 2.75) is 38.4 Å². The molecule has 1 fully saturated rings. The highest BCUT2D eigenvalue weighted by molar-refractivity contribution is 6.30. The summed E-state index contributed by atoms with van der Waals surface area (Å²) in [6.07, 6.45) is 3.98. The molecule has 21 heavy (non-hydrogen) atoms. The van der Waals surface area contributed by atoms with Crippen LogP contribution in [0.2, 0.25) is 5.02 Å². The molecule has 4 heteroatoms. The van der Waals surface area contributed by atoms with Gasteiger partial charge >= 0.3 is 0 Å². The number of benzene rings is 1. The zero-order chi connectivity index (χ0) is 14.8. The molecule has 1 aliphatic carbocycles. The number of hydrogen-bond donors (Lipinski definition) is 0. The first kappa shape index (κ1) is 14.4. The largest absolute Gasteiger partial charge is 0.468 e. The summed E-state index contributed by atoms with van der Waals surface area (Å²) < 4.78 is 5.42. The van der Waals surface area contributed by atoms with Crippen molar-refractivity contribution in [2.75, 3.05) is 0 Å². The standard InChI is InChI=1S/C17H18ClNO2/c1-12(17(20)13-4-6-14(18)7-5-13)19(15-8-9-15)11-16-3-2-10-21-16/h2-7,10,12,15H,8-9,11H2,1H3. The second-order valence-corrected chi connectivity index (χ2v) is 5.97. The van der Waals surface area contributed by atoms with E-state index in [1.54, 1.807) is 30.5 Å². The molecule has 0 radical (unpaired) electrons. The lowest BCUT2D eigenvalue weighted by Crippen LogP contribution is -2.40. The van der Waals surface area contributed by atoms with Crippen molar-refractivity contribution in [3.05, 3.63) is 59.0 Å². The molecular weight excluding hydrogens is 286 g/mol. The van der Waals surface area contributed by atoms with Crippen LogP contribution in [0.5, 0.6) is 0 Å². The van der Waals surface area contributed by atoms with Gasteiger partial charge in [0.15, 0.2) is 5.78 Å². The molecule has 0 amide bonds. The summed E-state index contributed by atoms with van der Waals surface area (Å²) in [5, 5.41) is 0.647. The van der Waals surface area contributed by atoms with E-state index in [0.717, 1.165) is 18.6 Å². The van der Waals surface area contributed by atoms with Gasteiger partial charge in [0.25, 0.3) is 0 Å². The molecule has 0 N–H and O–H groups in total. The summed E-state index contributed by atoms with van der Waals surface area (Å²) in [6, 6.07) is 11.3. The summed E-state index contributed by atoms with van der Waals surface area (Å²) in [6.45, 7) is 2.65. The molecule has 0 saturated heterocycles. The Labute approximate surface area is 129 Å². The monoisotopic (exact) mass is 303 g/mol. The van der Waals surface area contributed by atoms with Crippen LogP contribution in [0.15, 0.2) is 47.1 Å². The predicted octanol–water partition coefficient (Wildman–Crippen LogP) is 4.17. The summed E-state index contributed by atoms with van der Waals surface area (Å²) in [5.74, 6) is 1.03. The van der Waals surface area contributed by atoms with Crippen LogP contribution < -0.4 is 0 Å². The normalized spacial score (nSPS) is 16.1. The number of carbonyl (C=O) groups is 1. The highest BCUT2D eigenvalue weighted by atomic mass is 35.5. The van der Waals surface area contributed by atoms with E-state index in [4.69, 9.17) is 16.0 Å². The number of halogens is 1. The third kappa shape index (κ3) is 3.36. The first-order chi connectivity index (χ1) is 10.1. The average molecular weight is 304 g/mol. The Morgan fingerprint density at radius 2 is 2.05 bits per heavy atom.